The van der Waals surface area contributed by atoms with E-state index in [2.05, 4.69) is 20.6 Å². The van der Waals surface area contributed by atoms with Crippen LogP contribution in [0.4, 0.5) is 4.79 Å². The number of nitrogens with one attached hydrogen (secondary N) is 3. The normalized spacial score (nSPS) is 10.8. The number of carbonyl (C=O) groups is 2. The van der Waals surface area contributed by atoms with Crippen molar-refractivity contribution in [2.45, 2.75) is 32.6 Å². The lowest BCUT2D eigenvalue weighted by molar-refractivity contribution is 0.0949. The van der Waals surface area contributed by atoms with E-state index < -0.39 is 17.6 Å². The van der Waals surface area contributed by atoms with E-state index in [9.17, 15) is 14.4 Å². The highest BCUT2D eigenvalue weighted by Gasteiger charge is 2.22. The van der Waals surface area contributed by atoms with E-state index in [0.717, 1.165) is 25.7 Å². The van der Waals surface area contributed by atoms with E-state index in [-0.39, 0.29) is 22.7 Å². The number of aromatic amines is 1. The molecule has 4 rings (SSSR count). The number of rotatable bonds is 13. The van der Waals surface area contributed by atoms with E-state index >= 15 is 0 Å². The van der Waals surface area contributed by atoms with Gasteiger partial charge < -0.3 is 30.8 Å². The van der Waals surface area contributed by atoms with Gasteiger partial charge in [-0.15, -0.1) is 0 Å². The topological polar surface area (TPSA) is 166 Å². The molecule has 0 radical (unpaired) electrons. The number of amides is 3. The highest BCUT2D eigenvalue weighted by molar-refractivity contribution is 6.03. The molecule has 3 amide bonds. The van der Waals surface area contributed by atoms with Crippen LogP contribution in [-0.2, 0) is 0 Å². The van der Waals surface area contributed by atoms with Gasteiger partial charge in [0.15, 0.2) is 17.2 Å². The monoisotopic (exact) mass is 547 g/mol. The summed E-state index contributed by atoms with van der Waals surface area (Å²) in [7, 11) is 1.52. The molecule has 2 heterocycles. The number of fused-ring (bicyclic) bond motifs is 1. The third kappa shape index (κ3) is 6.57. The van der Waals surface area contributed by atoms with Crippen LogP contribution in [0.5, 0.6) is 11.5 Å². The number of aromatic nitrogens is 4. The van der Waals surface area contributed by atoms with Crippen molar-refractivity contribution in [2.24, 2.45) is 5.73 Å². The number of benzene rings is 2. The molecular weight excluding hydrogens is 514 g/mol. The average molecular weight is 548 g/mol. The lowest BCUT2D eigenvalue weighted by Crippen LogP contribution is -2.30. The molecule has 0 bridgehead atoms. The fourth-order valence-electron chi connectivity index (χ4n) is 4.28. The Bertz CT molecular complexity index is 1530. The quantitative estimate of drug-likeness (QED) is 0.187. The molecule has 12 nitrogen and oxygen atoms in total. The van der Waals surface area contributed by atoms with Gasteiger partial charge in [0.2, 0.25) is 0 Å². The molecule has 0 saturated carbocycles. The predicted molar refractivity (Wildman–Crippen MR) is 151 cm³/mol. The molecule has 0 unspecified atom stereocenters. The van der Waals surface area contributed by atoms with E-state index in [4.69, 9.17) is 20.2 Å². The maximum atomic E-state index is 13.3. The lowest BCUT2D eigenvalue weighted by Gasteiger charge is -2.11. The summed E-state index contributed by atoms with van der Waals surface area (Å²) < 4.78 is 12.4. The summed E-state index contributed by atoms with van der Waals surface area (Å²) in [4.78, 5) is 49.3. The van der Waals surface area contributed by atoms with Crippen LogP contribution in [0.25, 0.3) is 28.2 Å². The van der Waals surface area contributed by atoms with Gasteiger partial charge in [0.1, 0.15) is 17.0 Å². The molecule has 2 aromatic carbocycles. The second-order valence-electron chi connectivity index (χ2n) is 8.95. The van der Waals surface area contributed by atoms with E-state index in [1.54, 1.807) is 48.5 Å². The zero-order valence-corrected chi connectivity index (χ0v) is 22.5. The first kappa shape index (κ1) is 28.1. The van der Waals surface area contributed by atoms with Gasteiger partial charge in [-0.1, -0.05) is 25.0 Å². The maximum Gasteiger partial charge on any atom is 0.332 e. The van der Waals surface area contributed by atoms with Crippen molar-refractivity contribution in [3.63, 3.8) is 0 Å². The summed E-state index contributed by atoms with van der Waals surface area (Å²) in [6.45, 7) is 3.37. The zero-order chi connectivity index (χ0) is 28.5. The number of nitrogens with zero attached hydrogens (tertiary/aromatic N) is 3. The first-order valence-corrected chi connectivity index (χ1v) is 13.1. The molecule has 0 saturated heterocycles. The number of imidazole rings is 1. The van der Waals surface area contributed by atoms with Crippen LogP contribution in [-0.4, -0.2) is 58.3 Å². The van der Waals surface area contributed by atoms with E-state index in [1.165, 1.54) is 11.7 Å². The van der Waals surface area contributed by atoms with Crippen LogP contribution in [0, 0.1) is 0 Å². The van der Waals surface area contributed by atoms with Crippen LogP contribution >= 0.6 is 0 Å². The molecule has 210 valence electrons. The molecule has 0 aliphatic carbocycles. The number of ether oxygens (including phenoxy) is 2. The Labute approximate surface area is 230 Å². The number of carbonyl (C=O) groups excluding carboxylic acids is 2. The molecule has 0 aliphatic rings. The predicted octanol–water partition coefficient (Wildman–Crippen LogP) is 3.14. The Morgan fingerprint density at radius 1 is 0.975 bits per heavy atom. The Morgan fingerprint density at radius 3 is 2.35 bits per heavy atom. The smallest absolute Gasteiger partial charge is 0.332 e. The van der Waals surface area contributed by atoms with Gasteiger partial charge in [-0.3, -0.25) is 4.79 Å². The van der Waals surface area contributed by atoms with Crippen LogP contribution < -0.4 is 31.5 Å². The maximum absolute atomic E-state index is 13.3. The van der Waals surface area contributed by atoms with Crippen LogP contribution in [0.1, 0.15) is 43.1 Å². The largest absolute Gasteiger partial charge is 0.495 e. The number of hydrogen-bond acceptors (Lipinski definition) is 7. The zero-order valence-electron chi connectivity index (χ0n) is 22.5. The summed E-state index contributed by atoms with van der Waals surface area (Å²) in [5.74, 6) is 1.03. The minimum Gasteiger partial charge on any atom is -0.495 e. The van der Waals surface area contributed by atoms with E-state index in [1.807, 2.05) is 6.92 Å². The first-order valence-electron chi connectivity index (χ1n) is 13.1. The SMILES string of the molecule is CCOc1ccc(-c2nc(C(=O)NCCCCCCNC(N)=O)c3[nH]c(=O)n(-c4ccccc4OC)c3n2)cc1. The Hall–Kier alpha value is -4.87. The van der Waals surface area contributed by atoms with Gasteiger partial charge in [-0.05, 0) is 56.2 Å². The molecule has 0 atom stereocenters. The molecule has 12 heteroatoms. The molecule has 0 fully saturated rings. The van der Waals surface area contributed by atoms with Gasteiger partial charge in [0.05, 0.1) is 19.4 Å². The van der Waals surface area contributed by atoms with Crippen molar-refractivity contribution in [3.8, 4) is 28.6 Å². The standard InChI is InChI=1S/C28H33N7O5/c1-3-40-19-14-12-18(13-15-19)24-32-23(26(36)30-16-8-4-5-9-17-31-27(29)37)22-25(34-24)35(28(38)33-22)20-10-6-7-11-21(20)39-2/h6-7,10-15H,3-5,8-9,16-17H2,1-2H3,(H,30,36)(H,33,38)(H3,29,31,37). The van der Waals surface area contributed by atoms with Crippen LogP contribution in [0.15, 0.2) is 53.3 Å². The van der Waals surface area contributed by atoms with Crippen molar-refractivity contribution in [1.29, 1.82) is 0 Å². The number of primary amides is 1. The number of nitrogens with two attached hydrogens (primary N) is 1. The van der Waals surface area contributed by atoms with Crippen molar-refractivity contribution < 1.29 is 19.1 Å². The number of methoxy groups -OCH3 is 1. The van der Waals surface area contributed by atoms with Gasteiger partial charge in [0, 0.05) is 18.7 Å². The Kier molecular flexibility index (Phi) is 9.34. The summed E-state index contributed by atoms with van der Waals surface area (Å²) in [5, 5.41) is 5.46. The Morgan fingerprint density at radius 2 is 1.68 bits per heavy atom. The average Bonchev–Trinajstić information content (AvgIpc) is 3.29. The highest BCUT2D eigenvalue weighted by Crippen LogP contribution is 2.27. The third-order valence-corrected chi connectivity index (χ3v) is 6.19. The second-order valence-corrected chi connectivity index (χ2v) is 8.95. The molecule has 4 aromatic rings. The van der Waals surface area contributed by atoms with Gasteiger partial charge >= 0.3 is 11.7 Å². The summed E-state index contributed by atoms with van der Waals surface area (Å²) in [5.41, 5.74) is 6.26. The number of unbranched alkanes of at least 4 members (excludes halogenated alkanes) is 3. The summed E-state index contributed by atoms with van der Waals surface area (Å²) >= 11 is 0. The van der Waals surface area contributed by atoms with Gasteiger partial charge in [-0.2, -0.15) is 0 Å². The number of urea groups is 1. The minimum atomic E-state index is -0.536. The minimum absolute atomic E-state index is 0.0605. The van der Waals surface area contributed by atoms with Crippen molar-refractivity contribution in [2.75, 3.05) is 26.8 Å². The third-order valence-electron chi connectivity index (χ3n) is 6.19. The first-order chi connectivity index (χ1) is 19.4. The van der Waals surface area contributed by atoms with Gasteiger partial charge in [0.25, 0.3) is 5.91 Å². The highest BCUT2D eigenvalue weighted by atomic mass is 16.5. The number of H-pyrrole nitrogens is 1. The number of hydrogen-bond donors (Lipinski definition) is 4. The summed E-state index contributed by atoms with van der Waals surface area (Å²) in [6.07, 6.45) is 3.27. The van der Waals surface area contributed by atoms with Gasteiger partial charge in [-0.25, -0.2) is 24.1 Å². The molecule has 5 N–H and O–H groups in total. The van der Waals surface area contributed by atoms with Crippen LogP contribution in [0.3, 0.4) is 0 Å². The van der Waals surface area contributed by atoms with E-state index in [0.29, 0.717) is 42.4 Å². The summed E-state index contributed by atoms with van der Waals surface area (Å²) in [6, 6.07) is 13.7. The molecule has 0 spiro atoms. The molecule has 40 heavy (non-hydrogen) atoms. The fourth-order valence-corrected chi connectivity index (χ4v) is 4.28. The van der Waals surface area contributed by atoms with Crippen molar-refractivity contribution in [3.05, 3.63) is 64.7 Å². The Balaban J connectivity index is 1.65. The van der Waals surface area contributed by atoms with Crippen LogP contribution in [0.2, 0.25) is 0 Å². The fraction of sp³-hybridized carbons (Fsp3) is 0.321. The lowest BCUT2D eigenvalue weighted by atomic mass is 10.2. The van der Waals surface area contributed by atoms with Crippen molar-refractivity contribution in [1.82, 2.24) is 30.2 Å². The molecule has 0 aliphatic heterocycles. The second kappa shape index (κ2) is 13.3. The molecular formula is C28H33N7O5. The van der Waals surface area contributed by atoms with Crippen molar-refractivity contribution >= 4 is 23.1 Å². The molecule has 2 aromatic heterocycles. The number of para-hydroxylation sites is 2.